The number of carbonyl (C=O) groups excluding carboxylic acids is 2. The Labute approximate surface area is 159 Å². The maximum atomic E-state index is 11.4. The van der Waals surface area contributed by atoms with Gasteiger partial charge in [-0.05, 0) is 48.2 Å². The van der Waals surface area contributed by atoms with Crippen LogP contribution in [0.3, 0.4) is 0 Å². The number of hydrogen-bond donors (Lipinski definition) is 4. The van der Waals surface area contributed by atoms with E-state index < -0.39 is 5.41 Å². The summed E-state index contributed by atoms with van der Waals surface area (Å²) in [5.74, 6) is -0.531. The van der Waals surface area contributed by atoms with Gasteiger partial charge in [0, 0.05) is 19.3 Å². The number of phenols is 2. The van der Waals surface area contributed by atoms with E-state index in [1.807, 2.05) is 12.1 Å². The van der Waals surface area contributed by atoms with Gasteiger partial charge in [-0.25, -0.2) is 0 Å². The number of hydrogen-bond acceptors (Lipinski definition) is 4. The van der Waals surface area contributed by atoms with Crippen LogP contribution in [0.1, 0.15) is 51.7 Å². The minimum absolute atomic E-state index is 0.000280. The first-order valence-electron chi connectivity index (χ1n) is 8.95. The van der Waals surface area contributed by atoms with E-state index in [1.165, 1.54) is 13.8 Å². The van der Waals surface area contributed by atoms with E-state index >= 15 is 0 Å². The van der Waals surface area contributed by atoms with Crippen LogP contribution >= 0.6 is 0 Å². The maximum absolute atomic E-state index is 11.4. The molecule has 4 N–H and O–H groups in total. The molecular weight excluding hydrogens is 344 g/mol. The third-order valence-electron chi connectivity index (χ3n) is 4.93. The van der Waals surface area contributed by atoms with E-state index in [1.54, 1.807) is 24.3 Å². The molecule has 0 bridgehead atoms. The molecule has 0 atom stereocenters. The highest BCUT2D eigenvalue weighted by atomic mass is 16.3. The summed E-state index contributed by atoms with van der Waals surface area (Å²) < 4.78 is 0. The number of nitrogens with one attached hydrogen (secondary N) is 2. The Bertz CT molecular complexity index is 790. The average Bonchev–Trinajstić information content (AvgIpc) is 2.60. The van der Waals surface area contributed by atoms with Crippen LogP contribution in [0, 0.1) is 0 Å². The van der Waals surface area contributed by atoms with Crippen LogP contribution in [-0.4, -0.2) is 22.0 Å². The molecule has 2 amide bonds. The van der Waals surface area contributed by atoms with Crippen molar-refractivity contribution in [1.29, 1.82) is 0 Å². The second-order valence-corrected chi connectivity index (χ2v) is 6.62. The van der Waals surface area contributed by atoms with Gasteiger partial charge in [0.25, 0.3) is 0 Å². The van der Waals surface area contributed by atoms with Crippen molar-refractivity contribution in [3.05, 3.63) is 47.5 Å². The lowest BCUT2D eigenvalue weighted by molar-refractivity contribution is -0.115. The van der Waals surface area contributed by atoms with Crippen LogP contribution < -0.4 is 10.6 Å². The Morgan fingerprint density at radius 3 is 1.48 bits per heavy atom. The second kappa shape index (κ2) is 8.12. The quantitative estimate of drug-likeness (QED) is 0.575. The van der Waals surface area contributed by atoms with Gasteiger partial charge in [0.05, 0.1) is 11.4 Å². The van der Waals surface area contributed by atoms with Crippen molar-refractivity contribution in [1.82, 2.24) is 0 Å². The first-order chi connectivity index (χ1) is 12.7. The van der Waals surface area contributed by atoms with E-state index in [4.69, 9.17) is 0 Å². The van der Waals surface area contributed by atoms with E-state index in [2.05, 4.69) is 24.5 Å². The predicted octanol–water partition coefficient (Wildman–Crippen LogP) is 4.12. The Morgan fingerprint density at radius 1 is 0.815 bits per heavy atom. The van der Waals surface area contributed by atoms with Crippen LogP contribution in [0.15, 0.2) is 36.4 Å². The largest absolute Gasteiger partial charge is 0.506 e. The number of amides is 2. The fourth-order valence-electron chi connectivity index (χ4n) is 3.48. The minimum Gasteiger partial charge on any atom is -0.506 e. The Kier molecular flexibility index (Phi) is 6.10. The van der Waals surface area contributed by atoms with Crippen LogP contribution in [0.5, 0.6) is 11.5 Å². The topological polar surface area (TPSA) is 98.7 Å². The first kappa shape index (κ1) is 20.3. The molecule has 0 aliphatic rings. The molecule has 0 heterocycles. The second-order valence-electron chi connectivity index (χ2n) is 6.62. The molecule has 2 aromatic carbocycles. The Balaban J connectivity index is 2.62. The van der Waals surface area contributed by atoms with Gasteiger partial charge in [-0.15, -0.1) is 0 Å². The normalized spacial score (nSPS) is 11.1. The number of benzene rings is 2. The van der Waals surface area contributed by atoms with Gasteiger partial charge in [-0.3, -0.25) is 9.59 Å². The minimum atomic E-state index is -0.415. The summed E-state index contributed by atoms with van der Waals surface area (Å²) in [6, 6.07) is 10.3. The van der Waals surface area contributed by atoms with Crippen LogP contribution in [0.2, 0.25) is 0 Å². The van der Waals surface area contributed by atoms with Crippen molar-refractivity contribution in [3.8, 4) is 11.5 Å². The smallest absolute Gasteiger partial charge is 0.221 e. The number of aromatic hydroxyl groups is 2. The molecule has 6 heteroatoms. The van der Waals surface area contributed by atoms with Gasteiger partial charge in [0.2, 0.25) is 11.8 Å². The van der Waals surface area contributed by atoms with Crippen LogP contribution in [0.25, 0.3) is 0 Å². The number of phenolic OH excluding ortho intramolecular Hbond substituents is 2. The molecule has 0 aliphatic heterocycles. The molecule has 2 aromatic rings. The summed E-state index contributed by atoms with van der Waals surface area (Å²) in [6.45, 7) is 6.89. The molecule has 0 saturated heterocycles. The zero-order valence-electron chi connectivity index (χ0n) is 16.1. The molecular formula is C21H26N2O4. The highest BCUT2D eigenvalue weighted by molar-refractivity contribution is 5.91. The fourth-order valence-corrected chi connectivity index (χ4v) is 3.48. The predicted molar refractivity (Wildman–Crippen MR) is 106 cm³/mol. The molecule has 27 heavy (non-hydrogen) atoms. The molecule has 6 nitrogen and oxygen atoms in total. The van der Waals surface area contributed by atoms with Crippen LogP contribution in [-0.2, 0) is 15.0 Å². The van der Waals surface area contributed by atoms with Crippen molar-refractivity contribution in [2.45, 2.75) is 46.0 Å². The summed E-state index contributed by atoms with van der Waals surface area (Å²) in [5.41, 5.74) is 2.14. The number of rotatable bonds is 6. The van der Waals surface area contributed by atoms with E-state index in [-0.39, 0.29) is 23.3 Å². The molecule has 0 aromatic heterocycles. The van der Waals surface area contributed by atoms with Crippen molar-refractivity contribution in [2.75, 3.05) is 10.6 Å². The van der Waals surface area contributed by atoms with E-state index in [9.17, 15) is 19.8 Å². The Hall–Kier alpha value is -3.02. The lowest BCUT2D eigenvalue weighted by Crippen LogP contribution is -2.26. The highest BCUT2D eigenvalue weighted by Gasteiger charge is 2.32. The van der Waals surface area contributed by atoms with Crippen molar-refractivity contribution in [2.24, 2.45) is 0 Å². The van der Waals surface area contributed by atoms with Crippen molar-refractivity contribution < 1.29 is 19.8 Å². The average molecular weight is 370 g/mol. The molecule has 0 radical (unpaired) electrons. The maximum Gasteiger partial charge on any atom is 0.221 e. The zero-order chi connectivity index (χ0) is 20.2. The first-order valence-corrected chi connectivity index (χ1v) is 8.95. The third-order valence-corrected chi connectivity index (χ3v) is 4.93. The SMILES string of the molecule is CCC(CC)(c1ccc(O)c(NC(C)=O)c1)c1ccc(O)c(NC(C)=O)c1. The van der Waals surface area contributed by atoms with Crippen molar-refractivity contribution in [3.63, 3.8) is 0 Å². The van der Waals surface area contributed by atoms with Crippen LogP contribution in [0.4, 0.5) is 11.4 Å². The summed E-state index contributed by atoms with van der Waals surface area (Å²) in [7, 11) is 0. The van der Waals surface area contributed by atoms with Crippen molar-refractivity contribution >= 4 is 23.2 Å². The van der Waals surface area contributed by atoms with Gasteiger partial charge >= 0.3 is 0 Å². The summed E-state index contributed by atoms with van der Waals surface area (Å²) >= 11 is 0. The molecule has 0 aliphatic carbocycles. The monoisotopic (exact) mass is 370 g/mol. The van der Waals surface area contributed by atoms with Gasteiger partial charge in [0.1, 0.15) is 11.5 Å². The van der Waals surface area contributed by atoms with Gasteiger partial charge < -0.3 is 20.8 Å². The third kappa shape index (κ3) is 4.22. The lowest BCUT2D eigenvalue weighted by atomic mass is 9.70. The van der Waals surface area contributed by atoms with Gasteiger partial charge in [-0.1, -0.05) is 26.0 Å². The van der Waals surface area contributed by atoms with Gasteiger partial charge in [0.15, 0.2) is 0 Å². The highest BCUT2D eigenvalue weighted by Crippen LogP contribution is 2.43. The molecule has 2 rings (SSSR count). The Morgan fingerprint density at radius 2 is 1.19 bits per heavy atom. The molecule has 144 valence electrons. The molecule has 0 unspecified atom stereocenters. The number of carbonyl (C=O) groups is 2. The summed E-state index contributed by atoms with van der Waals surface area (Å²) in [6.07, 6.45) is 1.50. The zero-order valence-corrected chi connectivity index (χ0v) is 16.1. The van der Waals surface area contributed by atoms with E-state index in [0.29, 0.717) is 11.4 Å². The fraction of sp³-hybridized carbons (Fsp3) is 0.333. The molecule has 0 fully saturated rings. The summed E-state index contributed by atoms with van der Waals surface area (Å²) in [5, 5.41) is 25.4. The van der Waals surface area contributed by atoms with E-state index in [0.717, 1.165) is 24.0 Å². The summed E-state index contributed by atoms with van der Waals surface area (Å²) in [4.78, 5) is 22.9. The number of anilines is 2. The lowest BCUT2D eigenvalue weighted by Gasteiger charge is -2.34. The molecule has 0 saturated carbocycles. The molecule has 0 spiro atoms. The van der Waals surface area contributed by atoms with Gasteiger partial charge in [-0.2, -0.15) is 0 Å². The standard InChI is InChI=1S/C21H26N2O4/c1-5-21(6-2,15-7-9-19(26)17(11-15)22-13(3)24)16-8-10-20(27)18(12-16)23-14(4)25/h7-12,26-27H,5-6H2,1-4H3,(H,22,24)(H,23,25).